The fraction of sp³-hybridized carbons (Fsp3) is 0.0455. The van der Waals surface area contributed by atoms with Crippen molar-refractivity contribution in [2.75, 3.05) is 4.90 Å². The van der Waals surface area contributed by atoms with Crippen molar-refractivity contribution in [3.63, 3.8) is 0 Å². The molecule has 0 aromatic heterocycles. The molecule has 138 valence electrons. The van der Waals surface area contributed by atoms with Gasteiger partial charge in [0, 0.05) is 4.47 Å². The Kier molecular flexibility index (Phi) is 4.79. The van der Waals surface area contributed by atoms with E-state index < -0.39 is 5.97 Å². The van der Waals surface area contributed by atoms with Gasteiger partial charge in [0.15, 0.2) is 0 Å². The average Bonchev–Trinajstić information content (AvgIpc) is 2.97. The molecule has 0 unspecified atom stereocenters. The fourth-order valence-electron chi connectivity index (χ4n) is 3.00. The molecule has 0 bridgehead atoms. The molecular formula is C22H14BrNO4. The molecule has 6 heteroatoms. The van der Waals surface area contributed by atoms with E-state index in [1.54, 1.807) is 42.5 Å². The number of amides is 2. The standard InChI is InChI=1S/C22H14BrNO4/c23-16-8-11-18-19(12-16)21(26)24(20(18)25)17-9-6-15(7-10-17)22(27)28-13-14-4-2-1-3-5-14/h1-12H,13H2. The summed E-state index contributed by atoms with van der Waals surface area (Å²) in [6.07, 6.45) is 0. The number of rotatable bonds is 4. The first-order valence-corrected chi connectivity index (χ1v) is 9.33. The van der Waals surface area contributed by atoms with E-state index >= 15 is 0 Å². The van der Waals surface area contributed by atoms with E-state index in [1.165, 1.54) is 0 Å². The largest absolute Gasteiger partial charge is 0.457 e. The van der Waals surface area contributed by atoms with Crippen molar-refractivity contribution in [2.24, 2.45) is 0 Å². The highest BCUT2D eigenvalue weighted by Crippen LogP contribution is 2.30. The van der Waals surface area contributed by atoms with E-state index in [1.807, 2.05) is 30.3 Å². The molecule has 2 amide bonds. The predicted molar refractivity (Wildman–Crippen MR) is 107 cm³/mol. The predicted octanol–water partition coefficient (Wildman–Crippen LogP) is 4.61. The van der Waals surface area contributed by atoms with E-state index in [-0.39, 0.29) is 18.4 Å². The van der Waals surface area contributed by atoms with E-state index in [0.717, 1.165) is 14.9 Å². The summed E-state index contributed by atoms with van der Waals surface area (Å²) < 4.78 is 6.02. The van der Waals surface area contributed by atoms with Crippen molar-refractivity contribution in [2.45, 2.75) is 6.61 Å². The molecule has 0 aliphatic carbocycles. The Morgan fingerprint density at radius 1 is 0.857 bits per heavy atom. The van der Waals surface area contributed by atoms with Gasteiger partial charge >= 0.3 is 5.97 Å². The minimum absolute atomic E-state index is 0.175. The molecule has 0 N–H and O–H groups in total. The number of imide groups is 1. The van der Waals surface area contributed by atoms with Gasteiger partial charge in [-0.05, 0) is 48.0 Å². The van der Waals surface area contributed by atoms with Gasteiger partial charge in [0.1, 0.15) is 6.61 Å². The zero-order valence-corrected chi connectivity index (χ0v) is 16.2. The summed E-state index contributed by atoms with van der Waals surface area (Å²) in [6, 6.07) is 20.6. The summed E-state index contributed by atoms with van der Waals surface area (Å²) in [4.78, 5) is 38.6. The normalized spacial score (nSPS) is 12.8. The van der Waals surface area contributed by atoms with Crippen LogP contribution in [0.1, 0.15) is 36.6 Å². The van der Waals surface area contributed by atoms with Crippen LogP contribution in [0.5, 0.6) is 0 Å². The van der Waals surface area contributed by atoms with Gasteiger partial charge in [0.2, 0.25) is 0 Å². The van der Waals surface area contributed by atoms with Crippen LogP contribution in [-0.4, -0.2) is 17.8 Å². The minimum atomic E-state index is -0.471. The van der Waals surface area contributed by atoms with Crippen molar-refractivity contribution < 1.29 is 19.1 Å². The lowest BCUT2D eigenvalue weighted by atomic mass is 10.1. The maximum Gasteiger partial charge on any atom is 0.338 e. The quantitative estimate of drug-likeness (QED) is 0.443. The summed E-state index contributed by atoms with van der Waals surface area (Å²) in [7, 11) is 0. The van der Waals surface area contributed by atoms with Crippen LogP contribution in [-0.2, 0) is 11.3 Å². The number of fused-ring (bicyclic) bond motifs is 1. The lowest BCUT2D eigenvalue weighted by molar-refractivity contribution is 0.0472. The third kappa shape index (κ3) is 3.34. The van der Waals surface area contributed by atoms with Gasteiger partial charge in [-0.15, -0.1) is 0 Å². The molecule has 4 rings (SSSR count). The second-order valence-corrected chi connectivity index (χ2v) is 7.16. The molecule has 1 aliphatic rings. The summed E-state index contributed by atoms with van der Waals surface area (Å²) in [6.45, 7) is 0.175. The number of esters is 1. The molecule has 0 spiro atoms. The Morgan fingerprint density at radius 2 is 1.54 bits per heavy atom. The second-order valence-electron chi connectivity index (χ2n) is 6.24. The van der Waals surface area contributed by atoms with E-state index in [0.29, 0.717) is 22.4 Å². The number of ether oxygens (including phenoxy) is 1. The number of hydrogen-bond donors (Lipinski definition) is 0. The van der Waals surface area contributed by atoms with Gasteiger partial charge in [-0.3, -0.25) is 9.59 Å². The maximum atomic E-state index is 12.6. The van der Waals surface area contributed by atoms with E-state index in [2.05, 4.69) is 15.9 Å². The monoisotopic (exact) mass is 435 g/mol. The Bertz CT molecular complexity index is 1080. The first-order chi connectivity index (χ1) is 13.5. The summed E-state index contributed by atoms with van der Waals surface area (Å²) >= 11 is 3.31. The van der Waals surface area contributed by atoms with Crippen molar-refractivity contribution >= 4 is 39.4 Å². The SMILES string of the molecule is O=C(OCc1ccccc1)c1ccc(N2C(=O)c3ccc(Br)cc3C2=O)cc1. The summed E-state index contributed by atoms with van der Waals surface area (Å²) in [5.41, 5.74) is 2.36. The average molecular weight is 436 g/mol. The van der Waals surface area contributed by atoms with Crippen LogP contribution in [0.2, 0.25) is 0 Å². The number of anilines is 1. The highest BCUT2D eigenvalue weighted by molar-refractivity contribution is 9.10. The summed E-state index contributed by atoms with van der Waals surface area (Å²) in [5.74, 6) is -1.24. The van der Waals surface area contributed by atoms with Gasteiger partial charge < -0.3 is 4.74 Å². The number of halogens is 1. The third-order valence-corrected chi connectivity index (χ3v) is 4.92. The fourth-order valence-corrected chi connectivity index (χ4v) is 3.36. The molecule has 5 nitrogen and oxygen atoms in total. The van der Waals surface area contributed by atoms with Gasteiger partial charge in [0.25, 0.3) is 11.8 Å². The number of carbonyl (C=O) groups is 3. The molecule has 0 atom stereocenters. The Morgan fingerprint density at radius 3 is 2.25 bits per heavy atom. The molecule has 3 aromatic rings. The lowest BCUT2D eigenvalue weighted by Crippen LogP contribution is -2.29. The first kappa shape index (κ1) is 18.1. The van der Waals surface area contributed by atoms with Crippen molar-refractivity contribution in [3.05, 3.63) is 99.5 Å². The molecule has 0 saturated heterocycles. The molecule has 28 heavy (non-hydrogen) atoms. The first-order valence-electron chi connectivity index (χ1n) is 8.54. The Labute approximate surface area is 169 Å². The van der Waals surface area contributed by atoms with Crippen LogP contribution in [0.25, 0.3) is 0 Å². The Balaban J connectivity index is 1.50. The lowest BCUT2D eigenvalue weighted by Gasteiger charge is -2.14. The van der Waals surface area contributed by atoms with Crippen LogP contribution in [0.3, 0.4) is 0 Å². The number of nitrogens with zero attached hydrogens (tertiary/aromatic N) is 1. The zero-order chi connectivity index (χ0) is 19.7. The maximum absolute atomic E-state index is 12.6. The van der Waals surface area contributed by atoms with Gasteiger partial charge in [-0.2, -0.15) is 0 Å². The van der Waals surface area contributed by atoms with Gasteiger partial charge in [0.05, 0.1) is 22.4 Å². The highest BCUT2D eigenvalue weighted by atomic mass is 79.9. The summed E-state index contributed by atoms with van der Waals surface area (Å²) in [5, 5.41) is 0. The van der Waals surface area contributed by atoms with Crippen LogP contribution in [0.15, 0.2) is 77.3 Å². The molecule has 3 aromatic carbocycles. The van der Waals surface area contributed by atoms with Gasteiger partial charge in [-0.25, -0.2) is 9.69 Å². The number of carbonyl (C=O) groups excluding carboxylic acids is 3. The molecule has 0 saturated carbocycles. The second kappa shape index (κ2) is 7.40. The van der Waals surface area contributed by atoms with Crippen LogP contribution < -0.4 is 4.90 Å². The van der Waals surface area contributed by atoms with E-state index in [4.69, 9.17) is 4.74 Å². The number of hydrogen-bond acceptors (Lipinski definition) is 4. The van der Waals surface area contributed by atoms with Crippen molar-refractivity contribution in [1.82, 2.24) is 0 Å². The highest BCUT2D eigenvalue weighted by Gasteiger charge is 2.36. The van der Waals surface area contributed by atoms with Crippen molar-refractivity contribution in [1.29, 1.82) is 0 Å². The van der Waals surface area contributed by atoms with E-state index in [9.17, 15) is 14.4 Å². The number of benzene rings is 3. The topological polar surface area (TPSA) is 63.7 Å². The molecule has 1 aliphatic heterocycles. The minimum Gasteiger partial charge on any atom is -0.457 e. The zero-order valence-electron chi connectivity index (χ0n) is 14.6. The molecular weight excluding hydrogens is 422 g/mol. The smallest absolute Gasteiger partial charge is 0.338 e. The van der Waals surface area contributed by atoms with Crippen LogP contribution in [0.4, 0.5) is 5.69 Å². The Hall–Kier alpha value is -3.25. The van der Waals surface area contributed by atoms with Crippen LogP contribution in [0, 0.1) is 0 Å². The van der Waals surface area contributed by atoms with Gasteiger partial charge in [-0.1, -0.05) is 46.3 Å². The molecule has 0 fully saturated rings. The third-order valence-electron chi connectivity index (χ3n) is 4.42. The molecule has 0 radical (unpaired) electrons. The van der Waals surface area contributed by atoms with Crippen LogP contribution >= 0.6 is 15.9 Å². The van der Waals surface area contributed by atoms with Crippen molar-refractivity contribution in [3.8, 4) is 0 Å². The molecule has 1 heterocycles.